The van der Waals surface area contributed by atoms with Crippen molar-refractivity contribution in [2.75, 3.05) is 7.11 Å². The van der Waals surface area contributed by atoms with Gasteiger partial charge in [0, 0.05) is 27.7 Å². The number of methoxy groups -OCH3 is 1. The monoisotopic (exact) mass is 258 g/mol. The van der Waals surface area contributed by atoms with Crippen molar-refractivity contribution in [3.8, 4) is 5.75 Å². The van der Waals surface area contributed by atoms with Gasteiger partial charge >= 0.3 is 0 Å². The summed E-state index contributed by atoms with van der Waals surface area (Å²) in [5, 5.41) is 1.15. The largest absolute Gasteiger partial charge is 0.496 e. The van der Waals surface area contributed by atoms with Gasteiger partial charge in [-0.1, -0.05) is 25.3 Å². The number of H-pyrrole nitrogens is 1. The van der Waals surface area contributed by atoms with Gasteiger partial charge in [0.2, 0.25) is 0 Å². The highest BCUT2D eigenvalue weighted by Gasteiger charge is 2.32. The number of rotatable bonds is 2. The first-order chi connectivity index (χ1) is 9.14. The summed E-state index contributed by atoms with van der Waals surface area (Å²) in [6.45, 7) is 2.07. The van der Waals surface area contributed by atoms with Gasteiger partial charge in [0.05, 0.1) is 7.11 Å². The Labute approximate surface area is 114 Å². The Kier molecular flexibility index (Phi) is 3.02. The third-order valence-electron chi connectivity index (χ3n) is 4.38. The van der Waals surface area contributed by atoms with Gasteiger partial charge in [0.15, 0.2) is 0 Å². The first-order valence-corrected chi connectivity index (χ1v) is 7.10. The molecule has 1 heterocycles. The molecular formula is C16H22N2O. The first-order valence-electron chi connectivity index (χ1n) is 7.10. The molecule has 0 radical (unpaired) electrons. The normalized spacial score (nSPS) is 18.7. The van der Waals surface area contributed by atoms with Crippen LogP contribution in [0.25, 0.3) is 10.9 Å². The van der Waals surface area contributed by atoms with E-state index in [1.807, 2.05) is 0 Å². The lowest BCUT2D eigenvalue weighted by atomic mass is 9.77. The van der Waals surface area contributed by atoms with Crippen LogP contribution in [0.3, 0.4) is 0 Å². The molecule has 0 spiro atoms. The highest BCUT2D eigenvalue weighted by atomic mass is 16.5. The molecule has 0 unspecified atom stereocenters. The molecule has 3 heteroatoms. The molecule has 0 aliphatic heterocycles. The van der Waals surface area contributed by atoms with Gasteiger partial charge in [-0.25, -0.2) is 0 Å². The third-order valence-corrected chi connectivity index (χ3v) is 4.38. The van der Waals surface area contributed by atoms with Gasteiger partial charge in [-0.2, -0.15) is 0 Å². The highest BCUT2D eigenvalue weighted by Crippen LogP contribution is 2.42. The standard InChI is InChI=1S/C16H22N2O/c1-11-10-12-14(18-11)7-6-13(15(12)19-2)16(17)8-4-3-5-9-16/h6-7,10,18H,3-5,8-9,17H2,1-2H3. The Morgan fingerprint density at radius 1 is 1.21 bits per heavy atom. The van der Waals surface area contributed by atoms with E-state index in [2.05, 4.69) is 30.1 Å². The number of aromatic nitrogens is 1. The summed E-state index contributed by atoms with van der Waals surface area (Å²) in [4.78, 5) is 3.36. The molecule has 3 nitrogen and oxygen atoms in total. The predicted molar refractivity (Wildman–Crippen MR) is 78.5 cm³/mol. The average Bonchev–Trinajstić information content (AvgIpc) is 2.78. The van der Waals surface area contributed by atoms with Crippen LogP contribution in [0.1, 0.15) is 43.4 Å². The molecule has 102 valence electrons. The van der Waals surface area contributed by atoms with Gasteiger partial charge < -0.3 is 15.5 Å². The van der Waals surface area contributed by atoms with Crippen molar-refractivity contribution in [2.45, 2.75) is 44.6 Å². The smallest absolute Gasteiger partial charge is 0.133 e. The first kappa shape index (κ1) is 12.5. The van der Waals surface area contributed by atoms with Crippen LogP contribution >= 0.6 is 0 Å². The summed E-state index contributed by atoms with van der Waals surface area (Å²) in [7, 11) is 1.74. The van der Waals surface area contributed by atoms with Gasteiger partial charge in [-0.3, -0.25) is 0 Å². The lowest BCUT2D eigenvalue weighted by molar-refractivity contribution is 0.290. The zero-order valence-corrected chi connectivity index (χ0v) is 11.8. The second-order valence-electron chi connectivity index (χ2n) is 5.78. The predicted octanol–water partition coefficient (Wildman–Crippen LogP) is 3.60. The average molecular weight is 258 g/mol. The number of aromatic amines is 1. The lowest BCUT2D eigenvalue weighted by Gasteiger charge is -2.35. The summed E-state index contributed by atoms with van der Waals surface area (Å²) in [5.41, 5.74) is 9.89. The zero-order valence-electron chi connectivity index (χ0n) is 11.8. The van der Waals surface area contributed by atoms with Gasteiger partial charge in [0.25, 0.3) is 0 Å². The van der Waals surface area contributed by atoms with Crippen molar-refractivity contribution in [2.24, 2.45) is 5.73 Å². The van der Waals surface area contributed by atoms with Crippen LogP contribution in [-0.2, 0) is 5.54 Å². The van der Waals surface area contributed by atoms with Crippen molar-refractivity contribution < 1.29 is 4.74 Å². The number of hydrogen-bond acceptors (Lipinski definition) is 2. The number of ether oxygens (including phenoxy) is 1. The van der Waals surface area contributed by atoms with E-state index in [4.69, 9.17) is 10.5 Å². The molecule has 1 saturated carbocycles. The SMILES string of the molecule is COc1c(C2(N)CCCCC2)ccc2[nH]c(C)cc12. The highest BCUT2D eigenvalue weighted by molar-refractivity contribution is 5.88. The molecule has 0 saturated heterocycles. The van der Waals surface area contributed by atoms with E-state index in [9.17, 15) is 0 Å². The van der Waals surface area contributed by atoms with Crippen molar-refractivity contribution in [3.05, 3.63) is 29.5 Å². The molecule has 0 bridgehead atoms. The topological polar surface area (TPSA) is 51.0 Å². The molecule has 0 atom stereocenters. The number of hydrogen-bond donors (Lipinski definition) is 2. The van der Waals surface area contributed by atoms with Gasteiger partial charge in [-0.15, -0.1) is 0 Å². The molecule has 1 aliphatic rings. The number of nitrogens with two attached hydrogens (primary N) is 1. The van der Waals surface area contributed by atoms with Crippen LogP contribution in [0, 0.1) is 6.92 Å². The minimum atomic E-state index is -0.219. The van der Waals surface area contributed by atoms with Crippen molar-refractivity contribution >= 4 is 10.9 Å². The van der Waals surface area contributed by atoms with E-state index in [0.29, 0.717) is 0 Å². The fourth-order valence-corrected chi connectivity index (χ4v) is 3.38. The van der Waals surface area contributed by atoms with Crippen molar-refractivity contribution in [3.63, 3.8) is 0 Å². The van der Waals surface area contributed by atoms with Crippen LogP contribution in [0.2, 0.25) is 0 Å². The quantitative estimate of drug-likeness (QED) is 0.864. The fraction of sp³-hybridized carbons (Fsp3) is 0.500. The summed E-state index contributed by atoms with van der Waals surface area (Å²) >= 11 is 0. The maximum absolute atomic E-state index is 6.66. The summed E-state index contributed by atoms with van der Waals surface area (Å²) in [6.07, 6.45) is 5.83. The van der Waals surface area contributed by atoms with E-state index >= 15 is 0 Å². The van der Waals surface area contributed by atoms with E-state index in [0.717, 1.165) is 35.2 Å². The minimum Gasteiger partial charge on any atom is -0.496 e. The maximum Gasteiger partial charge on any atom is 0.133 e. The zero-order chi connectivity index (χ0) is 13.5. The molecule has 3 rings (SSSR count). The Hall–Kier alpha value is -1.48. The van der Waals surface area contributed by atoms with Crippen LogP contribution in [0.5, 0.6) is 5.75 Å². The third kappa shape index (κ3) is 2.02. The van der Waals surface area contributed by atoms with Crippen LogP contribution in [-0.4, -0.2) is 12.1 Å². The molecule has 0 amide bonds. The number of fused-ring (bicyclic) bond motifs is 1. The van der Waals surface area contributed by atoms with Crippen LogP contribution in [0.4, 0.5) is 0 Å². The molecule has 2 aromatic rings. The second-order valence-corrected chi connectivity index (χ2v) is 5.78. The fourth-order valence-electron chi connectivity index (χ4n) is 3.38. The summed E-state index contributed by atoms with van der Waals surface area (Å²) in [5.74, 6) is 0.950. The van der Waals surface area contributed by atoms with E-state index < -0.39 is 0 Å². The van der Waals surface area contributed by atoms with Crippen LogP contribution in [0.15, 0.2) is 18.2 Å². The van der Waals surface area contributed by atoms with Crippen LogP contribution < -0.4 is 10.5 Å². The lowest BCUT2D eigenvalue weighted by Crippen LogP contribution is -2.38. The Morgan fingerprint density at radius 2 is 1.95 bits per heavy atom. The van der Waals surface area contributed by atoms with E-state index in [1.54, 1.807) is 7.11 Å². The van der Waals surface area contributed by atoms with Gasteiger partial charge in [-0.05, 0) is 31.9 Å². The molecule has 3 N–H and O–H groups in total. The Balaban J connectivity index is 2.17. The summed E-state index contributed by atoms with van der Waals surface area (Å²) in [6, 6.07) is 6.41. The molecule has 1 aliphatic carbocycles. The van der Waals surface area contributed by atoms with Crippen molar-refractivity contribution in [1.82, 2.24) is 4.98 Å². The number of nitrogens with one attached hydrogen (secondary N) is 1. The Bertz CT molecular complexity index is 594. The Morgan fingerprint density at radius 3 is 2.63 bits per heavy atom. The van der Waals surface area contributed by atoms with E-state index in [-0.39, 0.29) is 5.54 Å². The van der Waals surface area contributed by atoms with Crippen molar-refractivity contribution in [1.29, 1.82) is 0 Å². The maximum atomic E-state index is 6.66. The number of aryl methyl sites for hydroxylation is 1. The minimum absolute atomic E-state index is 0.219. The summed E-state index contributed by atoms with van der Waals surface area (Å²) < 4.78 is 5.69. The van der Waals surface area contributed by atoms with E-state index in [1.165, 1.54) is 24.8 Å². The van der Waals surface area contributed by atoms with Gasteiger partial charge in [0.1, 0.15) is 5.75 Å². The molecular weight excluding hydrogens is 236 g/mol. The molecule has 1 aromatic heterocycles. The molecule has 19 heavy (non-hydrogen) atoms. The molecule has 1 aromatic carbocycles. The number of benzene rings is 1. The second kappa shape index (κ2) is 4.57. The molecule has 1 fully saturated rings.